The number of hydrogen-bond donors (Lipinski definition) is 1. The van der Waals surface area contributed by atoms with E-state index in [-0.39, 0.29) is 12.5 Å². The zero-order valence-corrected chi connectivity index (χ0v) is 22.0. The highest BCUT2D eigenvalue weighted by molar-refractivity contribution is 9.10. The molecule has 4 rings (SSSR count). The number of carbonyl (C=O) groups is 1. The van der Waals surface area contributed by atoms with Crippen molar-refractivity contribution in [3.8, 4) is 17.2 Å². The Bertz CT molecular complexity index is 1370. The van der Waals surface area contributed by atoms with E-state index in [1.165, 1.54) is 6.21 Å². The highest BCUT2D eigenvalue weighted by atomic mass is 79.9. The molecular formula is C27H22Br2N2O4. The molecule has 1 amide bonds. The maximum Gasteiger partial charge on any atom is 0.277 e. The minimum absolute atomic E-state index is 0.150. The van der Waals surface area contributed by atoms with E-state index in [2.05, 4.69) is 42.4 Å². The fraction of sp³-hybridized carbons (Fsp3) is 0.111. The van der Waals surface area contributed by atoms with Gasteiger partial charge in [-0.3, -0.25) is 4.79 Å². The average molecular weight is 598 g/mol. The van der Waals surface area contributed by atoms with E-state index in [0.29, 0.717) is 23.9 Å². The van der Waals surface area contributed by atoms with E-state index < -0.39 is 0 Å². The molecule has 0 saturated carbocycles. The zero-order valence-electron chi connectivity index (χ0n) is 18.8. The summed E-state index contributed by atoms with van der Waals surface area (Å²) in [5.41, 5.74) is 4.25. The van der Waals surface area contributed by atoms with E-state index in [4.69, 9.17) is 14.2 Å². The zero-order chi connectivity index (χ0) is 24.6. The van der Waals surface area contributed by atoms with Gasteiger partial charge < -0.3 is 14.2 Å². The second kappa shape index (κ2) is 11.9. The quantitative estimate of drug-likeness (QED) is 0.177. The predicted molar refractivity (Wildman–Crippen MR) is 144 cm³/mol. The summed E-state index contributed by atoms with van der Waals surface area (Å²) in [4.78, 5) is 12.2. The molecule has 0 aliphatic heterocycles. The molecule has 1 N–H and O–H groups in total. The van der Waals surface area contributed by atoms with E-state index in [0.717, 1.165) is 30.8 Å². The van der Waals surface area contributed by atoms with Gasteiger partial charge in [0.1, 0.15) is 12.4 Å². The van der Waals surface area contributed by atoms with Crippen LogP contribution >= 0.6 is 31.9 Å². The summed E-state index contributed by atoms with van der Waals surface area (Å²) in [5.74, 6) is 1.44. The van der Waals surface area contributed by atoms with Gasteiger partial charge in [0.05, 0.1) is 13.3 Å². The minimum atomic E-state index is -0.364. The molecule has 178 valence electrons. The van der Waals surface area contributed by atoms with Crippen molar-refractivity contribution in [3.63, 3.8) is 0 Å². The maximum absolute atomic E-state index is 12.2. The lowest BCUT2D eigenvalue weighted by molar-refractivity contribution is -0.123. The van der Waals surface area contributed by atoms with Gasteiger partial charge in [0.15, 0.2) is 18.1 Å². The monoisotopic (exact) mass is 596 g/mol. The summed E-state index contributed by atoms with van der Waals surface area (Å²) in [7, 11) is 1.59. The number of rotatable bonds is 9. The van der Waals surface area contributed by atoms with E-state index in [9.17, 15) is 4.79 Å². The number of halogens is 2. The number of methoxy groups -OCH3 is 1. The van der Waals surface area contributed by atoms with Crippen LogP contribution in [0.15, 0.2) is 92.9 Å². The third kappa shape index (κ3) is 7.07. The Kier molecular flexibility index (Phi) is 8.39. The second-order valence-corrected chi connectivity index (χ2v) is 9.40. The van der Waals surface area contributed by atoms with Crippen molar-refractivity contribution in [2.24, 2.45) is 5.10 Å². The lowest BCUT2D eigenvalue weighted by Crippen LogP contribution is -2.24. The van der Waals surface area contributed by atoms with Gasteiger partial charge >= 0.3 is 0 Å². The van der Waals surface area contributed by atoms with Crippen LogP contribution in [0.5, 0.6) is 17.2 Å². The molecule has 8 heteroatoms. The standard InChI is InChI=1S/C27H22Br2N2O4/c1-33-25-10-5-18(12-26(25)35-16-19-3-2-4-22(28)11-19)15-30-31-27(32)17-34-24-9-7-20-13-23(29)8-6-21(20)14-24/h2-15H,16-17H2,1H3,(H,31,32). The van der Waals surface area contributed by atoms with Crippen LogP contribution in [0.2, 0.25) is 0 Å². The molecule has 0 fully saturated rings. The predicted octanol–water partition coefficient (Wildman–Crippen LogP) is 6.48. The van der Waals surface area contributed by atoms with Gasteiger partial charge in [-0.25, -0.2) is 5.43 Å². The summed E-state index contributed by atoms with van der Waals surface area (Å²) in [5, 5.41) is 6.14. The molecule has 0 aliphatic rings. The van der Waals surface area contributed by atoms with Gasteiger partial charge in [0, 0.05) is 8.95 Å². The van der Waals surface area contributed by atoms with Gasteiger partial charge in [-0.05, 0) is 76.5 Å². The van der Waals surface area contributed by atoms with Crippen molar-refractivity contribution in [2.45, 2.75) is 6.61 Å². The molecule has 6 nitrogen and oxygen atoms in total. The number of hydrazone groups is 1. The number of fused-ring (bicyclic) bond motifs is 1. The fourth-order valence-electron chi connectivity index (χ4n) is 3.32. The average Bonchev–Trinajstić information content (AvgIpc) is 2.86. The lowest BCUT2D eigenvalue weighted by Gasteiger charge is -2.11. The Morgan fingerprint density at radius 2 is 1.69 bits per heavy atom. The van der Waals surface area contributed by atoms with Crippen LogP contribution in [0.25, 0.3) is 10.8 Å². The van der Waals surface area contributed by atoms with E-state index in [1.807, 2.05) is 66.7 Å². The highest BCUT2D eigenvalue weighted by Gasteiger charge is 2.07. The van der Waals surface area contributed by atoms with Gasteiger partial charge in [-0.15, -0.1) is 0 Å². The smallest absolute Gasteiger partial charge is 0.277 e. The minimum Gasteiger partial charge on any atom is -0.493 e. The van der Waals surface area contributed by atoms with Crippen LogP contribution in [0.1, 0.15) is 11.1 Å². The first kappa shape index (κ1) is 24.8. The third-order valence-electron chi connectivity index (χ3n) is 5.02. The largest absolute Gasteiger partial charge is 0.493 e. The number of ether oxygens (including phenoxy) is 3. The summed E-state index contributed by atoms with van der Waals surface area (Å²) in [6, 6.07) is 25.0. The molecule has 0 radical (unpaired) electrons. The van der Waals surface area contributed by atoms with Crippen LogP contribution in [0, 0.1) is 0 Å². The Balaban J connectivity index is 1.32. The van der Waals surface area contributed by atoms with E-state index >= 15 is 0 Å². The van der Waals surface area contributed by atoms with Crippen molar-refractivity contribution >= 4 is 54.8 Å². The Hall–Kier alpha value is -3.36. The summed E-state index contributed by atoms with van der Waals surface area (Å²) in [6.07, 6.45) is 1.54. The lowest BCUT2D eigenvalue weighted by atomic mass is 10.1. The van der Waals surface area contributed by atoms with Crippen molar-refractivity contribution in [3.05, 3.63) is 98.9 Å². The molecule has 0 saturated heterocycles. The number of nitrogens with one attached hydrogen (secondary N) is 1. The van der Waals surface area contributed by atoms with Crippen LogP contribution in [-0.2, 0) is 11.4 Å². The second-order valence-electron chi connectivity index (χ2n) is 7.56. The molecule has 0 aliphatic carbocycles. The molecule has 0 unspecified atom stereocenters. The molecule has 0 spiro atoms. The van der Waals surface area contributed by atoms with Crippen LogP contribution < -0.4 is 19.6 Å². The Labute approximate surface area is 220 Å². The van der Waals surface area contributed by atoms with Crippen molar-refractivity contribution < 1.29 is 19.0 Å². The topological polar surface area (TPSA) is 69.2 Å². The number of benzene rings is 4. The molecular weight excluding hydrogens is 576 g/mol. The first-order valence-corrected chi connectivity index (χ1v) is 12.3. The van der Waals surface area contributed by atoms with Crippen molar-refractivity contribution in [2.75, 3.05) is 13.7 Å². The van der Waals surface area contributed by atoms with Crippen LogP contribution in [-0.4, -0.2) is 25.8 Å². The summed E-state index contributed by atoms with van der Waals surface area (Å²) >= 11 is 6.92. The van der Waals surface area contributed by atoms with E-state index in [1.54, 1.807) is 19.2 Å². The summed E-state index contributed by atoms with van der Waals surface area (Å²) in [6.45, 7) is 0.236. The first-order valence-electron chi connectivity index (χ1n) is 10.7. The normalized spacial score (nSPS) is 10.9. The molecule has 0 bridgehead atoms. The molecule has 4 aromatic rings. The molecule has 4 aromatic carbocycles. The van der Waals surface area contributed by atoms with Gasteiger partial charge in [-0.1, -0.05) is 56.1 Å². The fourth-order valence-corrected chi connectivity index (χ4v) is 4.14. The number of carbonyl (C=O) groups excluding carboxylic acids is 1. The number of nitrogens with zero attached hydrogens (tertiary/aromatic N) is 1. The molecule has 0 atom stereocenters. The highest BCUT2D eigenvalue weighted by Crippen LogP contribution is 2.29. The van der Waals surface area contributed by atoms with Gasteiger partial charge in [-0.2, -0.15) is 5.10 Å². The molecule has 0 aromatic heterocycles. The van der Waals surface area contributed by atoms with Crippen molar-refractivity contribution in [1.29, 1.82) is 0 Å². The molecule has 35 heavy (non-hydrogen) atoms. The number of hydrogen-bond acceptors (Lipinski definition) is 5. The number of amides is 1. The SMILES string of the molecule is COc1ccc(C=NNC(=O)COc2ccc3cc(Br)ccc3c2)cc1OCc1cccc(Br)c1. The first-order chi connectivity index (χ1) is 17.0. The Morgan fingerprint density at radius 1 is 0.886 bits per heavy atom. The van der Waals surface area contributed by atoms with Crippen LogP contribution in [0.4, 0.5) is 0 Å². The molecule has 0 heterocycles. The summed E-state index contributed by atoms with van der Waals surface area (Å²) < 4.78 is 18.9. The van der Waals surface area contributed by atoms with Gasteiger partial charge in [0.25, 0.3) is 5.91 Å². The Morgan fingerprint density at radius 3 is 2.51 bits per heavy atom. The third-order valence-corrected chi connectivity index (χ3v) is 6.00. The van der Waals surface area contributed by atoms with Crippen LogP contribution in [0.3, 0.4) is 0 Å². The van der Waals surface area contributed by atoms with Gasteiger partial charge in [0.2, 0.25) is 0 Å². The van der Waals surface area contributed by atoms with Crippen molar-refractivity contribution in [1.82, 2.24) is 5.43 Å². The maximum atomic E-state index is 12.2.